The molecule has 0 amide bonds. The number of allylic oxidation sites excluding steroid dienone is 3. The van der Waals surface area contributed by atoms with E-state index in [1.165, 1.54) is 0 Å². The third-order valence-electron chi connectivity index (χ3n) is 1.89. The summed E-state index contributed by atoms with van der Waals surface area (Å²) in [5.74, 6) is 6.03. The molecule has 0 spiro atoms. The molecule has 0 heterocycles. The van der Waals surface area contributed by atoms with Gasteiger partial charge in [0, 0.05) is 0 Å². The molecule has 0 aromatic heterocycles. The number of phosphoric acid groups is 1. The summed E-state index contributed by atoms with van der Waals surface area (Å²) in [6, 6.07) is 0. The quantitative estimate of drug-likeness (QED) is 0.181. The highest BCUT2D eigenvalue weighted by atomic mass is 31.2. The van der Waals surface area contributed by atoms with E-state index in [1.54, 1.807) is 19.1 Å². The van der Waals surface area contributed by atoms with E-state index in [9.17, 15) is 4.57 Å². The molecule has 0 aliphatic rings. The van der Waals surface area contributed by atoms with Gasteiger partial charge in [0.1, 0.15) is 19.0 Å². The first-order valence-electron chi connectivity index (χ1n) is 5.93. The van der Waals surface area contributed by atoms with Gasteiger partial charge in [-0.25, -0.2) is 4.57 Å². The fraction of sp³-hybridized carbons (Fsp3) is 0.636. The van der Waals surface area contributed by atoms with Crippen LogP contribution in [0.4, 0.5) is 0 Å². The second-order valence-corrected chi connectivity index (χ2v) is 5.30. The van der Waals surface area contributed by atoms with E-state index in [-0.39, 0.29) is 25.9 Å². The van der Waals surface area contributed by atoms with Crippen LogP contribution in [0, 0.1) is 0 Å². The Hall–Kier alpha value is -0.890. The zero-order chi connectivity index (χ0) is 15.6. The average molecular weight is 311 g/mol. The first-order valence-corrected chi connectivity index (χ1v) is 7.46. The van der Waals surface area contributed by atoms with Crippen LogP contribution < -0.4 is 5.90 Å². The summed E-state index contributed by atoms with van der Waals surface area (Å²) in [7, 11) is -4.44. The fourth-order valence-electron chi connectivity index (χ4n) is 0.987. The molecule has 0 unspecified atom stereocenters. The summed E-state index contributed by atoms with van der Waals surface area (Å²) >= 11 is 0. The molecular weight excluding hydrogens is 289 g/mol. The van der Waals surface area contributed by atoms with E-state index >= 15 is 0 Å². The Bertz CT molecular complexity index is 375. The van der Waals surface area contributed by atoms with Gasteiger partial charge in [0.25, 0.3) is 0 Å². The maximum Gasteiger partial charge on any atom is 0.469 e. The van der Waals surface area contributed by atoms with Gasteiger partial charge in [-0.1, -0.05) is 0 Å². The van der Waals surface area contributed by atoms with Gasteiger partial charge in [0.2, 0.25) is 0 Å². The van der Waals surface area contributed by atoms with Crippen LogP contribution in [0.2, 0.25) is 0 Å². The molecule has 0 rings (SSSR count). The Balaban J connectivity index is 4.11. The van der Waals surface area contributed by atoms with Gasteiger partial charge in [0.15, 0.2) is 0 Å². The lowest BCUT2D eigenvalue weighted by molar-refractivity contribution is 0.0588. The zero-order valence-electron chi connectivity index (χ0n) is 11.8. The summed E-state index contributed by atoms with van der Waals surface area (Å²) < 4.78 is 25.1. The summed E-state index contributed by atoms with van der Waals surface area (Å²) in [5, 5.41) is 0. The van der Waals surface area contributed by atoms with Crippen LogP contribution in [-0.2, 0) is 23.4 Å². The fourth-order valence-corrected chi connectivity index (χ4v) is 1.30. The van der Waals surface area contributed by atoms with Gasteiger partial charge in [-0.05, 0) is 32.9 Å². The van der Waals surface area contributed by atoms with Crippen molar-refractivity contribution in [2.24, 2.45) is 5.90 Å². The smallest absolute Gasteiger partial charge is 0.469 e. The molecule has 9 heteroatoms. The number of nitrogens with two attached hydrogens (primary N) is 1. The van der Waals surface area contributed by atoms with Crippen LogP contribution in [-0.4, -0.2) is 35.7 Å². The number of hydrogen-bond acceptors (Lipinski definition) is 6. The van der Waals surface area contributed by atoms with Crippen molar-refractivity contribution in [1.82, 2.24) is 0 Å². The molecule has 0 aliphatic heterocycles. The van der Waals surface area contributed by atoms with Crippen LogP contribution in [0.5, 0.6) is 0 Å². The SMILES string of the molecule is C/C(=C\C=C(/COC(C)C)ON)OCCOP(=O)(O)O. The van der Waals surface area contributed by atoms with Crippen molar-refractivity contribution in [1.29, 1.82) is 0 Å². The minimum Gasteiger partial charge on any atom is -0.496 e. The van der Waals surface area contributed by atoms with Crippen LogP contribution >= 0.6 is 7.82 Å². The van der Waals surface area contributed by atoms with Crippen LogP contribution in [0.3, 0.4) is 0 Å². The average Bonchev–Trinajstić information content (AvgIpc) is 2.33. The molecular formula is C11H22NO7P. The number of ether oxygens (including phenoxy) is 2. The predicted octanol–water partition coefficient (Wildman–Crippen LogP) is 1.22. The largest absolute Gasteiger partial charge is 0.496 e. The molecule has 4 N–H and O–H groups in total. The molecule has 0 saturated carbocycles. The number of hydrogen-bond donors (Lipinski definition) is 3. The highest BCUT2D eigenvalue weighted by Gasteiger charge is 2.12. The lowest BCUT2D eigenvalue weighted by atomic mass is 10.4. The molecule has 0 saturated heterocycles. The van der Waals surface area contributed by atoms with Crippen molar-refractivity contribution in [3.63, 3.8) is 0 Å². The summed E-state index contributed by atoms with van der Waals surface area (Å²) in [6.45, 7) is 5.49. The molecule has 0 aliphatic carbocycles. The Labute approximate surface area is 118 Å². The second kappa shape index (κ2) is 9.93. The summed E-state index contributed by atoms with van der Waals surface area (Å²) in [6.07, 6.45) is 3.24. The highest BCUT2D eigenvalue weighted by Crippen LogP contribution is 2.35. The van der Waals surface area contributed by atoms with Crippen molar-refractivity contribution >= 4 is 7.82 Å². The highest BCUT2D eigenvalue weighted by molar-refractivity contribution is 7.46. The third kappa shape index (κ3) is 12.2. The van der Waals surface area contributed by atoms with Crippen molar-refractivity contribution in [3.05, 3.63) is 23.7 Å². The summed E-state index contributed by atoms with van der Waals surface area (Å²) in [5.41, 5.74) is 0. The Morgan fingerprint density at radius 3 is 2.45 bits per heavy atom. The summed E-state index contributed by atoms with van der Waals surface area (Å²) in [4.78, 5) is 21.5. The minimum absolute atomic E-state index is 0.0165. The van der Waals surface area contributed by atoms with Gasteiger partial charge in [-0.3, -0.25) is 4.52 Å². The first-order chi connectivity index (χ1) is 9.24. The number of phosphoric ester groups is 1. The van der Waals surface area contributed by atoms with Gasteiger partial charge in [-0.2, -0.15) is 5.90 Å². The van der Waals surface area contributed by atoms with Crippen LogP contribution in [0.25, 0.3) is 0 Å². The normalized spacial score (nSPS) is 13.8. The second-order valence-electron chi connectivity index (χ2n) is 4.06. The Morgan fingerprint density at radius 2 is 1.95 bits per heavy atom. The molecule has 20 heavy (non-hydrogen) atoms. The lowest BCUT2D eigenvalue weighted by Crippen LogP contribution is -2.10. The molecule has 0 aromatic carbocycles. The Morgan fingerprint density at radius 1 is 1.30 bits per heavy atom. The topological polar surface area (TPSA) is 120 Å². The minimum atomic E-state index is -4.44. The van der Waals surface area contributed by atoms with E-state index in [0.29, 0.717) is 11.5 Å². The molecule has 0 fully saturated rings. The monoisotopic (exact) mass is 311 g/mol. The van der Waals surface area contributed by atoms with Crippen molar-refractivity contribution in [2.45, 2.75) is 26.9 Å². The van der Waals surface area contributed by atoms with Gasteiger partial charge >= 0.3 is 7.82 Å². The standard InChI is InChI=1S/C11H22NO7P/c1-9(2)17-8-11(19-12)5-4-10(3)16-6-7-18-20(13,14)15/h4-5,9H,6-8,12H2,1-3H3,(H2,13,14,15)/b10-4+,11-5+. The third-order valence-corrected chi connectivity index (χ3v) is 2.41. The van der Waals surface area contributed by atoms with Gasteiger partial charge in [-0.15, -0.1) is 0 Å². The molecule has 0 atom stereocenters. The lowest BCUT2D eigenvalue weighted by Gasteiger charge is -2.09. The van der Waals surface area contributed by atoms with E-state index in [1.807, 2.05) is 13.8 Å². The van der Waals surface area contributed by atoms with E-state index < -0.39 is 7.82 Å². The van der Waals surface area contributed by atoms with Gasteiger partial charge < -0.3 is 24.1 Å². The maximum absolute atomic E-state index is 10.4. The van der Waals surface area contributed by atoms with Crippen LogP contribution in [0.15, 0.2) is 23.7 Å². The van der Waals surface area contributed by atoms with Crippen molar-refractivity contribution in [2.75, 3.05) is 19.8 Å². The van der Waals surface area contributed by atoms with E-state index in [0.717, 1.165) is 0 Å². The van der Waals surface area contributed by atoms with Crippen LogP contribution in [0.1, 0.15) is 20.8 Å². The van der Waals surface area contributed by atoms with Crippen molar-refractivity contribution in [3.8, 4) is 0 Å². The van der Waals surface area contributed by atoms with Gasteiger partial charge in [0.05, 0.1) is 18.5 Å². The Kier molecular flexibility index (Phi) is 9.49. The molecule has 0 radical (unpaired) electrons. The zero-order valence-corrected chi connectivity index (χ0v) is 12.7. The first kappa shape index (κ1) is 19.1. The number of rotatable bonds is 10. The molecule has 8 nitrogen and oxygen atoms in total. The predicted molar refractivity (Wildman–Crippen MR) is 72.1 cm³/mol. The molecule has 0 bridgehead atoms. The van der Waals surface area contributed by atoms with Crippen molar-refractivity contribution < 1.29 is 33.2 Å². The molecule has 0 aromatic rings. The van der Waals surface area contributed by atoms with E-state index in [2.05, 4.69) is 9.36 Å². The maximum atomic E-state index is 10.4. The van der Waals surface area contributed by atoms with E-state index in [4.69, 9.17) is 25.2 Å². The molecule has 118 valence electrons.